The standard InChI is InChI=1S/C18H16ClNO3/c1-2-23-17-10-11(3-4-15(17)19)7-12-8-14-13(18(21)22)5-6-20-16(14)9-12/h3-6,9-10H,2,7-8H2,1H3,(H,21,22). The van der Waals surface area contributed by atoms with Gasteiger partial charge in [-0.2, -0.15) is 0 Å². The third kappa shape index (κ3) is 3.22. The van der Waals surface area contributed by atoms with E-state index in [1.165, 1.54) is 6.20 Å². The Balaban J connectivity index is 1.82. The Labute approximate surface area is 139 Å². The number of halogens is 1. The first-order valence-corrected chi connectivity index (χ1v) is 7.78. The number of aromatic carboxylic acids is 1. The second-order valence-electron chi connectivity index (χ2n) is 5.38. The number of rotatable bonds is 5. The number of ether oxygens (including phenoxy) is 1. The van der Waals surface area contributed by atoms with Crippen molar-refractivity contribution in [2.24, 2.45) is 0 Å². The van der Waals surface area contributed by atoms with E-state index in [0.29, 0.717) is 35.8 Å². The minimum absolute atomic E-state index is 0.326. The molecule has 0 radical (unpaired) electrons. The second-order valence-corrected chi connectivity index (χ2v) is 5.79. The van der Waals surface area contributed by atoms with Crippen LogP contribution < -0.4 is 4.74 Å². The van der Waals surface area contributed by atoms with Gasteiger partial charge in [0.15, 0.2) is 0 Å². The summed E-state index contributed by atoms with van der Waals surface area (Å²) in [5.74, 6) is -0.240. The van der Waals surface area contributed by atoms with Crippen LogP contribution in [0.25, 0.3) is 6.08 Å². The Bertz CT molecular complexity index is 799. The first-order chi connectivity index (χ1) is 11.1. The van der Waals surface area contributed by atoms with Gasteiger partial charge in [0.05, 0.1) is 22.9 Å². The highest BCUT2D eigenvalue weighted by Gasteiger charge is 2.21. The molecule has 0 atom stereocenters. The number of hydrogen-bond donors (Lipinski definition) is 1. The average molecular weight is 330 g/mol. The smallest absolute Gasteiger partial charge is 0.336 e. The molecule has 0 saturated heterocycles. The molecule has 0 amide bonds. The summed E-state index contributed by atoms with van der Waals surface area (Å²) >= 11 is 6.11. The van der Waals surface area contributed by atoms with Crippen LogP contribution in [0.3, 0.4) is 0 Å². The van der Waals surface area contributed by atoms with E-state index in [1.807, 2.05) is 31.2 Å². The zero-order valence-corrected chi connectivity index (χ0v) is 13.4. The number of fused-ring (bicyclic) bond motifs is 1. The Morgan fingerprint density at radius 3 is 2.96 bits per heavy atom. The average Bonchev–Trinajstić information content (AvgIpc) is 2.92. The predicted octanol–water partition coefficient (Wildman–Crippen LogP) is 4.01. The maximum atomic E-state index is 11.3. The molecule has 4 nitrogen and oxygen atoms in total. The molecule has 1 aliphatic carbocycles. The molecule has 23 heavy (non-hydrogen) atoms. The molecule has 3 rings (SSSR count). The lowest BCUT2D eigenvalue weighted by Gasteiger charge is -2.09. The minimum atomic E-state index is -0.913. The topological polar surface area (TPSA) is 59.4 Å². The molecule has 0 saturated carbocycles. The fourth-order valence-electron chi connectivity index (χ4n) is 2.79. The maximum absolute atomic E-state index is 11.3. The lowest BCUT2D eigenvalue weighted by atomic mass is 10.0. The van der Waals surface area contributed by atoms with Gasteiger partial charge in [-0.3, -0.25) is 4.98 Å². The summed E-state index contributed by atoms with van der Waals surface area (Å²) in [5, 5.41) is 9.86. The fraction of sp³-hybridized carbons (Fsp3) is 0.222. The number of carboxylic acid groups (broad SMARTS) is 1. The summed E-state index contributed by atoms with van der Waals surface area (Å²) < 4.78 is 5.51. The number of carbonyl (C=O) groups is 1. The lowest BCUT2D eigenvalue weighted by molar-refractivity contribution is 0.0695. The Hall–Kier alpha value is -2.33. The zero-order chi connectivity index (χ0) is 16.4. The van der Waals surface area contributed by atoms with Crippen LogP contribution in [0.1, 0.15) is 34.1 Å². The number of hydrogen-bond acceptors (Lipinski definition) is 3. The molecule has 0 bridgehead atoms. The van der Waals surface area contributed by atoms with Crippen molar-refractivity contribution >= 4 is 23.6 Å². The van der Waals surface area contributed by atoms with Crippen LogP contribution in [-0.2, 0) is 12.8 Å². The van der Waals surface area contributed by atoms with Gasteiger partial charge >= 0.3 is 5.97 Å². The molecule has 0 fully saturated rings. The van der Waals surface area contributed by atoms with Gasteiger partial charge in [-0.25, -0.2) is 4.79 Å². The van der Waals surface area contributed by atoms with Crippen LogP contribution in [0, 0.1) is 0 Å². The molecule has 0 spiro atoms. The normalized spacial score (nSPS) is 12.7. The van der Waals surface area contributed by atoms with Crippen LogP contribution in [0.5, 0.6) is 5.75 Å². The van der Waals surface area contributed by atoms with Gasteiger partial charge < -0.3 is 9.84 Å². The van der Waals surface area contributed by atoms with Gasteiger partial charge in [0, 0.05) is 6.20 Å². The summed E-state index contributed by atoms with van der Waals surface area (Å²) in [5.41, 5.74) is 4.07. The van der Waals surface area contributed by atoms with Crippen LogP contribution in [0.4, 0.5) is 0 Å². The quantitative estimate of drug-likeness (QED) is 0.900. The van der Waals surface area contributed by atoms with E-state index in [2.05, 4.69) is 4.98 Å². The van der Waals surface area contributed by atoms with E-state index in [1.54, 1.807) is 6.07 Å². The Morgan fingerprint density at radius 2 is 2.22 bits per heavy atom. The molecule has 118 valence electrons. The van der Waals surface area contributed by atoms with E-state index in [-0.39, 0.29) is 0 Å². The van der Waals surface area contributed by atoms with E-state index >= 15 is 0 Å². The Kier molecular flexibility index (Phi) is 4.35. The summed E-state index contributed by atoms with van der Waals surface area (Å²) in [4.78, 5) is 15.6. The van der Waals surface area contributed by atoms with Gasteiger partial charge in [-0.15, -0.1) is 0 Å². The van der Waals surface area contributed by atoms with Gasteiger partial charge in [0.25, 0.3) is 0 Å². The van der Waals surface area contributed by atoms with Gasteiger partial charge in [0.1, 0.15) is 5.75 Å². The van der Waals surface area contributed by atoms with Crippen molar-refractivity contribution in [1.82, 2.24) is 4.98 Å². The SMILES string of the molecule is CCOc1cc(CC2=Cc3nccc(C(=O)O)c3C2)ccc1Cl. The highest BCUT2D eigenvalue weighted by atomic mass is 35.5. The number of carboxylic acids is 1. The summed E-state index contributed by atoms with van der Waals surface area (Å²) in [6.07, 6.45) is 4.83. The van der Waals surface area contributed by atoms with Crippen molar-refractivity contribution in [2.45, 2.75) is 19.8 Å². The highest BCUT2D eigenvalue weighted by molar-refractivity contribution is 6.32. The van der Waals surface area contributed by atoms with Crippen LogP contribution >= 0.6 is 11.6 Å². The highest BCUT2D eigenvalue weighted by Crippen LogP contribution is 2.31. The van der Waals surface area contributed by atoms with E-state index in [0.717, 1.165) is 22.4 Å². The van der Waals surface area contributed by atoms with Crippen LogP contribution in [-0.4, -0.2) is 22.7 Å². The minimum Gasteiger partial charge on any atom is -0.492 e. The molecule has 1 aromatic carbocycles. The van der Waals surface area contributed by atoms with Crippen molar-refractivity contribution in [2.75, 3.05) is 6.61 Å². The first kappa shape index (κ1) is 15.6. The Morgan fingerprint density at radius 1 is 1.39 bits per heavy atom. The van der Waals surface area contributed by atoms with Crippen LogP contribution in [0.15, 0.2) is 36.0 Å². The summed E-state index contributed by atoms with van der Waals surface area (Å²) in [6, 6.07) is 7.26. The van der Waals surface area contributed by atoms with Gasteiger partial charge in [-0.1, -0.05) is 23.2 Å². The third-order valence-corrected chi connectivity index (χ3v) is 4.10. The number of allylic oxidation sites excluding steroid dienone is 1. The molecule has 2 aromatic rings. The van der Waals surface area contributed by atoms with Gasteiger partial charge in [-0.05, 0) is 55.2 Å². The first-order valence-electron chi connectivity index (χ1n) is 7.40. The maximum Gasteiger partial charge on any atom is 0.336 e. The van der Waals surface area contributed by atoms with E-state index in [4.69, 9.17) is 16.3 Å². The number of aromatic nitrogens is 1. The molecule has 0 unspecified atom stereocenters. The van der Waals surface area contributed by atoms with Crippen molar-refractivity contribution in [3.63, 3.8) is 0 Å². The molecular formula is C18H16ClNO3. The predicted molar refractivity (Wildman–Crippen MR) is 89.2 cm³/mol. The second kappa shape index (κ2) is 6.42. The monoisotopic (exact) mass is 329 g/mol. The molecular weight excluding hydrogens is 314 g/mol. The molecule has 1 heterocycles. The van der Waals surface area contributed by atoms with E-state index in [9.17, 15) is 9.90 Å². The molecule has 1 aromatic heterocycles. The van der Waals surface area contributed by atoms with Crippen LogP contribution in [0.2, 0.25) is 5.02 Å². The zero-order valence-electron chi connectivity index (χ0n) is 12.7. The number of pyridine rings is 1. The number of benzene rings is 1. The fourth-order valence-corrected chi connectivity index (χ4v) is 2.96. The lowest BCUT2D eigenvalue weighted by Crippen LogP contribution is -2.04. The number of nitrogens with zero attached hydrogens (tertiary/aromatic N) is 1. The van der Waals surface area contributed by atoms with Gasteiger partial charge in [0.2, 0.25) is 0 Å². The largest absolute Gasteiger partial charge is 0.492 e. The third-order valence-electron chi connectivity index (χ3n) is 3.79. The van der Waals surface area contributed by atoms with Crippen molar-refractivity contribution in [1.29, 1.82) is 0 Å². The molecule has 5 heteroatoms. The molecule has 1 aliphatic rings. The molecule has 1 N–H and O–H groups in total. The van der Waals surface area contributed by atoms with Crippen molar-refractivity contribution in [3.05, 3.63) is 63.4 Å². The van der Waals surface area contributed by atoms with E-state index < -0.39 is 5.97 Å². The van der Waals surface area contributed by atoms with Crippen molar-refractivity contribution in [3.8, 4) is 5.75 Å². The van der Waals surface area contributed by atoms with Crippen molar-refractivity contribution < 1.29 is 14.6 Å². The summed E-state index contributed by atoms with van der Waals surface area (Å²) in [7, 11) is 0. The molecule has 0 aliphatic heterocycles. The summed E-state index contributed by atoms with van der Waals surface area (Å²) in [6.45, 7) is 2.47.